The second-order valence-electron chi connectivity index (χ2n) is 5.37. The molecule has 3 heteroatoms. The molecule has 1 spiro atoms. The van der Waals surface area contributed by atoms with Gasteiger partial charge in [-0.2, -0.15) is 0 Å². The summed E-state index contributed by atoms with van der Waals surface area (Å²) in [6.45, 7) is 11.6. The van der Waals surface area contributed by atoms with Crippen LogP contribution in [-0.2, 0) is 0 Å². The Morgan fingerprint density at radius 2 is 2.00 bits per heavy atom. The topological polar surface area (TPSA) is 32.5 Å². The molecule has 0 radical (unpaired) electrons. The number of hydrogen-bond acceptors (Lipinski definition) is 3. The first-order chi connectivity index (χ1) is 6.52. The Morgan fingerprint density at radius 1 is 1.36 bits per heavy atom. The molecule has 5 atom stereocenters. The van der Waals surface area contributed by atoms with Gasteiger partial charge >= 0.3 is 0 Å². The van der Waals surface area contributed by atoms with Crippen molar-refractivity contribution in [2.24, 2.45) is 5.73 Å². The third-order valence-corrected chi connectivity index (χ3v) is 5.57. The first-order valence-electron chi connectivity index (χ1n) is 5.82. The van der Waals surface area contributed by atoms with E-state index in [1.807, 2.05) is 0 Å². The van der Waals surface area contributed by atoms with Crippen molar-refractivity contribution in [3.8, 4) is 0 Å². The van der Waals surface area contributed by atoms with E-state index in [4.69, 9.17) is 5.73 Å². The van der Waals surface area contributed by atoms with Crippen molar-refractivity contribution in [2.75, 3.05) is 13.1 Å². The standard InChI is InChI=1S/C11H21N3/c1-5-13-8(3)11-9(12)6-14(11)7(2)10(11,13)4/h7-9H,5-6,12H2,1-4H3/t7-,8?,9?,10-,11?/m0/s1. The molecule has 3 aliphatic rings. The van der Waals surface area contributed by atoms with Gasteiger partial charge in [0.15, 0.2) is 0 Å². The van der Waals surface area contributed by atoms with E-state index in [0.29, 0.717) is 29.2 Å². The SMILES string of the molecule is CCN1C(C)C23C(N)CN2[C@@H](C)[C@]13C. The molecule has 0 aromatic heterocycles. The van der Waals surface area contributed by atoms with Gasteiger partial charge in [-0.15, -0.1) is 0 Å². The van der Waals surface area contributed by atoms with Crippen molar-refractivity contribution in [1.29, 1.82) is 0 Å². The molecule has 3 nitrogen and oxygen atoms in total. The third kappa shape index (κ3) is 0.503. The van der Waals surface area contributed by atoms with Gasteiger partial charge in [0.05, 0.1) is 11.1 Å². The second-order valence-corrected chi connectivity index (χ2v) is 5.37. The van der Waals surface area contributed by atoms with Crippen molar-refractivity contribution < 1.29 is 0 Å². The summed E-state index contributed by atoms with van der Waals surface area (Å²) in [6, 6.07) is 1.75. The van der Waals surface area contributed by atoms with Gasteiger partial charge in [0.1, 0.15) is 0 Å². The molecule has 3 rings (SSSR count). The van der Waals surface area contributed by atoms with Crippen LogP contribution in [0.15, 0.2) is 0 Å². The summed E-state index contributed by atoms with van der Waals surface area (Å²) in [5, 5.41) is 0. The molecule has 0 aromatic carbocycles. The largest absolute Gasteiger partial charge is 0.325 e. The van der Waals surface area contributed by atoms with Crippen molar-refractivity contribution >= 4 is 0 Å². The normalized spacial score (nSPS) is 61.9. The van der Waals surface area contributed by atoms with Crippen LogP contribution in [0.5, 0.6) is 0 Å². The van der Waals surface area contributed by atoms with Gasteiger partial charge in [-0.05, 0) is 27.3 Å². The zero-order valence-electron chi connectivity index (χ0n) is 9.62. The van der Waals surface area contributed by atoms with E-state index in [0.717, 1.165) is 13.1 Å². The first kappa shape index (κ1) is 9.13. The molecule has 3 heterocycles. The quantitative estimate of drug-likeness (QED) is 0.651. The Kier molecular flexibility index (Phi) is 1.42. The zero-order valence-corrected chi connectivity index (χ0v) is 9.62. The van der Waals surface area contributed by atoms with Crippen LogP contribution in [0.25, 0.3) is 0 Å². The molecule has 3 fully saturated rings. The molecule has 0 amide bonds. The molecule has 3 aliphatic heterocycles. The van der Waals surface area contributed by atoms with Gasteiger partial charge in [0, 0.05) is 24.7 Å². The Bertz CT molecular complexity index is 292. The molecular formula is C11H21N3. The number of rotatable bonds is 1. The van der Waals surface area contributed by atoms with Crippen LogP contribution in [-0.4, -0.2) is 52.1 Å². The summed E-state index contributed by atoms with van der Waals surface area (Å²) in [5.41, 5.74) is 6.92. The molecule has 14 heavy (non-hydrogen) atoms. The molecule has 0 aliphatic carbocycles. The van der Waals surface area contributed by atoms with E-state index in [2.05, 4.69) is 37.5 Å². The summed E-state index contributed by atoms with van der Waals surface area (Å²) in [7, 11) is 0. The highest BCUT2D eigenvalue weighted by Gasteiger charge is 2.85. The second kappa shape index (κ2) is 2.18. The number of piperazine rings is 1. The summed E-state index contributed by atoms with van der Waals surface area (Å²) < 4.78 is 0. The van der Waals surface area contributed by atoms with Crippen LogP contribution >= 0.6 is 0 Å². The summed E-state index contributed by atoms with van der Waals surface area (Å²) in [4.78, 5) is 5.22. The Balaban J connectivity index is 1.98. The molecule has 80 valence electrons. The van der Waals surface area contributed by atoms with Crippen LogP contribution in [0.3, 0.4) is 0 Å². The molecule has 3 saturated heterocycles. The minimum atomic E-state index is 0.336. The fourth-order valence-electron chi connectivity index (χ4n) is 4.94. The Labute approximate surface area is 86.2 Å². The Hall–Kier alpha value is -0.120. The van der Waals surface area contributed by atoms with Gasteiger partial charge in [0.2, 0.25) is 0 Å². The maximum Gasteiger partial charge on any atom is 0.0727 e. The van der Waals surface area contributed by atoms with Crippen LogP contribution in [0.1, 0.15) is 27.7 Å². The molecule has 0 aromatic rings. The van der Waals surface area contributed by atoms with E-state index in [1.165, 1.54) is 0 Å². The number of nitrogens with zero attached hydrogens (tertiary/aromatic N) is 2. The number of nitrogens with two attached hydrogens (primary N) is 1. The van der Waals surface area contributed by atoms with E-state index in [1.54, 1.807) is 0 Å². The first-order valence-corrected chi connectivity index (χ1v) is 5.82. The number of piperidine rings is 1. The van der Waals surface area contributed by atoms with E-state index >= 15 is 0 Å². The highest BCUT2D eigenvalue weighted by Crippen LogP contribution is 2.66. The lowest BCUT2D eigenvalue weighted by Crippen LogP contribution is -3.09. The average Bonchev–Trinajstić information content (AvgIpc) is 2.13. The van der Waals surface area contributed by atoms with Gasteiger partial charge in [-0.3, -0.25) is 9.80 Å². The predicted octanol–water partition coefficient (Wildman–Crippen LogP) is 0.253. The minimum Gasteiger partial charge on any atom is -0.325 e. The summed E-state index contributed by atoms with van der Waals surface area (Å²) in [6.07, 6.45) is 0. The lowest BCUT2D eigenvalue weighted by atomic mass is 9.44. The van der Waals surface area contributed by atoms with Gasteiger partial charge in [-0.25, -0.2) is 0 Å². The highest BCUT2D eigenvalue weighted by molar-refractivity contribution is 5.44. The lowest BCUT2D eigenvalue weighted by Gasteiger charge is -2.90. The minimum absolute atomic E-state index is 0.336. The van der Waals surface area contributed by atoms with Crippen LogP contribution < -0.4 is 5.73 Å². The fourth-order valence-corrected chi connectivity index (χ4v) is 4.94. The monoisotopic (exact) mass is 195 g/mol. The lowest BCUT2D eigenvalue weighted by molar-refractivity contribution is -0.379. The van der Waals surface area contributed by atoms with Gasteiger partial charge in [0.25, 0.3) is 0 Å². The van der Waals surface area contributed by atoms with Crippen LogP contribution in [0.4, 0.5) is 0 Å². The maximum atomic E-state index is 6.23. The molecule has 3 unspecified atom stereocenters. The number of hydrogen-bond donors (Lipinski definition) is 1. The average molecular weight is 195 g/mol. The molecule has 2 N–H and O–H groups in total. The molecular weight excluding hydrogens is 174 g/mol. The van der Waals surface area contributed by atoms with Crippen molar-refractivity contribution in [3.63, 3.8) is 0 Å². The zero-order chi connectivity index (χ0) is 10.3. The predicted molar refractivity (Wildman–Crippen MR) is 57.1 cm³/mol. The van der Waals surface area contributed by atoms with Crippen LogP contribution in [0.2, 0.25) is 0 Å². The number of likely N-dealkylation sites (tertiary alicyclic amines) is 1. The van der Waals surface area contributed by atoms with Crippen molar-refractivity contribution in [1.82, 2.24) is 9.80 Å². The highest BCUT2D eigenvalue weighted by atomic mass is 15.6. The molecule has 0 saturated carbocycles. The van der Waals surface area contributed by atoms with Crippen molar-refractivity contribution in [3.05, 3.63) is 0 Å². The van der Waals surface area contributed by atoms with Crippen LogP contribution in [0, 0.1) is 0 Å². The van der Waals surface area contributed by atoms with Crippen molar-refractivity contribution in [2.45, 2.75) is 56.9 Å². The summed E-state index contributed by atoms with van der Waals surface area (Å²) in [5.74, 6) is 0. The van der Waals surface area contributed by atoms with Gasteiger partial charge in [-0.1, -0.05) is 6.92 Å². The maximum absolute atomic E-state index is 6.23. The van der Waals surface area contributed by atoms with E-state index < -0.39 is 0 Å². The third-order valence-electron chi connectivity index (χ3n) is 5.57. The molecule has 0 bridgehead atoms. The van der Waals surface area contributed by atoms with E-state index in [-0.39, 0.29) is 0 Å². The van der Waals surface area contributed by atoms with Gasteiger partial charge < -0.3 is 5.73 Å². The Morgan fingerprint density at radius 3 is 2.50 bits per heavy atom. The van der Waals surface area contributed by atoms with E-state index in [9.17, 15) is 0 Å². The number of likely N-dealkylation sites (N-methyl/N-ethyl adjacent to an activating group) is 1. The summed E-state index contributed by atoms with van der Waals surface area (Å²) >= 11 is 0. The smallest absolute Gasteiger partial charge is 0.0727 e. The fraction of sp³-hybridized carbons (Fsp3) is 1.00.